The highest BCUT2D eigenvalue weighted by Gasteiger charge is 2.16. The van der Waals surface area contributed by atoms with Gasteiger partial charge in [-0.2, -0.15) is 0 Å². The van der Waals surface area contributed by atoms with Crippen molar-refractivity contribution in [2.45, 2.75) is 25.7 Å². The highest BCUT2D eigenvalue weighted by molar-refractivity contribution is 14.0. The van der Waals surface area contributed by atoms with Gasteiger partial charge >= 0.3 is 0 Å². The van der Waals surface area contributed by atoms with Gasteiger partial charge in [-0.1, -0.05) is 6.42 Å². The third-order valence-corrected chi connectivity index (χ3v) is 4.73. The first-order valence-electron chi connectivity index (χ1n) is 6.02. The fourth-order valence-electron chi connectivity index (χ4n) is 1.76. The van der Waals surface area contributed by atoms with E-state index in [0.29, 0.717) is 5.96 Å². The molecule has 0 radical (unpaired) electrons. The summed E-state index contributed by atoms with van der Waals surface area (Å²) < 4.78 is 1.18. The molecule has 1 aromatic heterocycles. The minimum atomic E-state index is 0. The zero-order chi connectivity index (χ0) is 12.1. The Kier molecular flexibility index (Phi) is 7.55. The molecule has 0 saturated heterocycles. The fraction of sp³-hybridized carbons (Fsp3) is 0.583. The quantitative estimate of drug-likeness (QED) is 0.416. The molecule has 1 aliphatic carbocycles. The number of nitrogens with two attached hydrogens (primary N) is 1. The number of nitrogens with one attached hydrogen (secondary N) is 1. The van der Waals surface area contributed by atoms with E-state index >= 15 is 0 Å². The van der Waals surface area contributed by atoms with Crippen LogP contribution in [0.5, 0.6) is 0 Å². The molecular weight excluding hydrogens is 425 g/mol. The van der Waals surface area contributed by atoms with E-state index in [0.717, 1.165) is 25.4 Å². The molecule has 18 heavy (non-hydrogen) atoms. The highest BCUT2D eigenvalue weighted by atomic mass is 127. The SMILES string of the molecule is I.NC(=NCC1CCC1)NCCc1ccc(Br)s1. The molecule has 6 heteroatoms. The van der Waals surface area contributed by atoms with Crippen LogP contribution in [0.25, 0.3) is 0 Å². The average molecular weight is 444 g/mol. The molecule has 0 amide bonds. The van der Waals surface area contributed by atoms with Crippen LogP contribution in [0, 0.1) is 5.92 Å². The van der Waals surface area contributed by atoms with Crippen molar-refractivity contribution in [2.75, 3.05) is 13.1 Å². The molecule has 1 heterocycles. The number of nitrogens with zero attached hydrogens (tertiary/aromatic N) is 1. The van der Waals surface area contributed by atoms with Crippen LogP contribution in [0.3, 0.4) is 0 Å². The Morgan fingerprint density at radius 3 is 2.83 bits per heavy atom. The summed E-state index contributed by atoms with van der Waals surface area (Å²) in [6, 6.07) is 4.21. The third-order valence-electron chi connectivity index (χ3n) is 3.05. The van der Waals surface area contributed by atoms with Crippen LogP contribution < -0.4 is 11.1 Å². The predicted octanol–water partition coefficient (Wildman–Crippen LogP) is 3.38. The van der Waals surface area contributed by atoms with Gasteiger partial charge in [0.05, 0.1) is 3.79 Å². The molecule has 0 bridgehead atoms. The zero-order valence-corrected chi connectivity index (χ0v) is 14.9. The van der Waals surface area contributed by atoms with Gasteiger partial charge in [0.2, 0.25) is 0 Å². The second-order valence-electron chi connectivity index (χ2n) is 4.41. The third kappa shape index (κ3) is 5.44. The van der Waals surface area contributed by atoms with Crippen molar-refractivity contribution in [3.63, 3.8) is 0 Å². The lowest BCUT2D eigenvalue weighted by atomic mass is 9.86. The van der Waals surface area contributed by atoms with Crippen LogP contribution in [-0.2, 0) is 6.42 Å². The average Bonchev–Trinajstić information content (AvgIpc) is 2.62. The molecule has 3 N–H and O–H groups in total. The molecule has 0 atom stereocenters. The van der Waals surface area contributed by atoms with E-state index in [1.807, 2.05) is 0 Å². The van der Waals surface area contributed by atoms with Crippen molar-refractivity contribution in [1.82, 2.24) is 5.32 Å². The normalized spacial score (nSPS) is 15.9. The number of rotatable bonds is 5. The lowest BCUT2D eigenvalue weighted by molar-refractivity contribution is 0.326. The van der Waals surface area contributed by atoms with Crippen LogP contribution >= 0.6 is 51.2 Å². The predicted molar refractivity (Wildman–Crippen MR) is 93.0 cm³/mol. The second kappa shape index (κ2) is 8.37. The molecule has 1 aromatic rings. The second-order valence-corrected chi connectivity index (χ2v) is 6.95. The van der Waals surface area contributed by atoms with Gasteiger partial charge in [-0.25, -0.2) is 0 Å². The summed E-state index contributed by atoms with van der Waals surface area (Å²) >= 11 is 5.22. The summed E-state index contributed by atoms with van der Waals surface area (Å²) in [6.07, 6.45) is 5.00. The standard InChI is InChI=1S/C12H18BrN3S.HI/c13-11-5-4-10(17-11)6-7-15-12(14)16-8-9-2-1-3-9;/h4-5,9H,1-3,6-8H2,(H3,14,15,16);1H. The van der Waals surface area contributed by atoms with Gasteiger partial charge < -0.3 is 11.1 Å². The Morgan fingerprint density at radius 2 is 2.28 bits per heavy atom. The van der Waals surface area contributed by atoms with Crippen LogP contribution in [0.15, 0.2) is 20.9 Å². The minimum Gasteiger partial charge on any atom is -0.370 e. The van der Waals surface area contributed by atoms with E-state index < -0.39 is 0 Å². The fourth-order valence-corrected chi connectivity index (χ4v) is 3.24. The molecule has 0 aliphatic heterocycles. The van der Waals surface area contributed by atoms with Gasteiger partial charge in [-0.15, -0.1) is 35.3 Å². The molecule has 0 aromatic carbocycles. The van der Waals surface area contributed by atoms with Gasteiger partial charge in [0.15, 0.2) is 5.96 Å². The summed E-state index contributed by atoms with van der Waals surface area (Å²) in [7, 11) is 0. The monoisotopic (exact) mass is 443 g/mol. The Labute approximate surface area is 138 Å². The first-order chi connectivity index (χ1) is 8.24. The van der Waals surface area contributed by atoms with E-state index in [1.165, 1.54) is 27.9 Å². The van der Waals surface area contributed by atoms with E-state index in [9.17, 15) is 0 Å². The lowest BCUT2D eigenvalue weighted by Crippen LogP contribution is -2.34. The largest absolute Gasteiger partial charge is 0.370 e. The minimum absolute atomic E-state index is 0. The topological polar surface area (TPSA) is 50.4 Å². The van der Waals surface area contributed by atoms with Crippen molar-refractivity contribution in [1.29, 1.82) is 0 Å². The molecule has 0 unspecified atom stereocenters. The number of hydrogen-bond donors (Lipinski definition) is 2. The first kappa shape index (κ1) is 16.2. The number of hydrogen-bond acceptors (Lipinski definition) is 2. The number of aliphatic imine (C=N–C) groups is 1. The maximum absolute atomic E-state index is 5.80. The van der Waals surface area contributed by atoms with Gasteiger partial charge in [0.25, 0.3) is 0 Å². The molecule has 1 saturated carbocycles. The van der Waals surface area contributed by atoms with Gasteiger partial charge in [-0.3, -0.25) is 4.99 Å². The Balaban J connectivity index is 0.00000162. The molecule has 3 nitrogen and oxygen atoms in total. The van der Waals surface area contributed by atoms with Crippen molar-refractivity contribution in [3.05, 3.63) is 20.8 Å². The van der Waals surface area contributed by atoms with Crippen LogP contribution in [0.2, 0.25) is 0 Å². The summed E-state index contributed by atoms with van der Waals surface area (Å²) in [5.41, 5.74) is 5.80. The molecule has 0 spiro atoms. The summed E-state index contributed by atoms with van der Waals surface area (Å²) in [5, 5.41) is 3.16. The smallest absolute Gasteiger partial charge is 0.188 e. The Morgan fingerprint density at radius 1 is 1.50 bits per heavy atom. The van der Waals surface area contributed by atoms with Crippen molar-refractivity contribution in [2.24, 2.45) is 16.6 Å². The van der Waals surface area contributed by atoms with Gasteiger partial charge in [0.1, 0.15) is 0 Å². The molecule has 1 aliphatic rings. The summed E-state index contributed by atoms with van der Waals surface area (Å²) in [5.74, 6) is 1.37. The summed E-state index contributed by atoms with van der Waals surface area (Å²) in [6.45, 7) is 1.75. The molecule has 102 valence electrons. The van der Waals surface area contributed by atoms with Crippen molar-refractivity contribution >= 4 is 57.2 Å². The Bertz CT molecular complexity index is 390. The van der Waals surface area contributed by atoms with Gasteiger partial charge in [-0.05, 0) is 53.2 Å². The maximum Gasteiger partial charge on any atom is 0.188 e. The van der Waals surface area contributed by atoms with Crippen molar-refractivity contribution in [3.8, 4) is 0 Å². The maximum atomic E-state index is 5.80. The van der Waals surface area contributed by atoms with E-state index in [-0.39, 0.29) is 24.0 Å². The molecule has 2 rings (SSSR count). The van der Waals surface area contributed by atoms with E-state index in [1.54, 1.807) is 11.3 Å². The lowest BCUT2D eigenvalue weighted by Gasteiger charge is -2.23. The molecule has 1 fully saturated rings. The molecular formula is C12H19BrIN3S. The van der Waals surface area contributed by atoms with Crippen LogP contribution in [-0.4, -0.2) is 19.0 Å². The number of guanidine groups is 1. The summed E-state index contributed by atoms with van der Waals surface area (Å²) in [4.78, 5) is 5.72. The highest BCUT2D eigenvalue weighted by Crippen LogP contribution is 2.26. The van der Waals surface area contributed by atoms with Crippen molar-refractivity contribution < 1.29 is 0 Å². The van der Waals surface area contributed by atoms with E-state index in [4.69, 9.17) is 5.73 Å². The van der Waals surface area contributed by atoms with Crippen LogP contribution in [0.1, 0.15) is 24.1 Å². The number of thiophene rings is 1. The Hall–Kier alpha value is 0.180. The number of halogens is 2. The van der Waals surface area contributed by atoms with Gasteiger partial charge in [0, 0.05) is 18.0 Å². The first-order valence-corrected chi connectivity index (χ1v) is 7.63. The van der Waals surface area contributed by atoms with E-state index in [2.05, 4.69) is 38.4 Å². The van der Waals surface area contributed by atoms with Crippen LogP contribution in [0.4, 0.5) is 0 Å². The zero-order valence-electron chi connectivity index (χ0n) is 10.2.